The molecule has 1 aliphatic heterocycles. The lowest BCUT2D eigenvalue weighted by molar-refractivity contribution is -0.115. The highest BCUT2D eigenvalue weighted by atomic mass is 16.5. The van der Waals surface area contributed by atoms with E-state index in [1.54, 1.807) is 0 Å². The molecule has 0 aliphatic carbocycles. The van der Waals surface area contributed by atoms with Gasteiger partial charge in [0.1, 0.15) is 0 Å². The second kappa shape index (κ2) is 8.06. The first-order valence-electron chi connectivity index (χ1n) is 8.11. The number of nitrogens with one attached hydrogen (secondary N) is 2. The number of ether oxygens (including phenoxy) is 1. The number of carbonyl (C=O) groups is 1. The lowest BCUT2D eigenvalue weighted by atomic mass is 10.1. The smallest absolute Gasteiger partial charge is 0.238 e. The first kappa shape index (κ1) is 15.9. The normalized spacial score (nSPS) is 15.7. The predicted octanol–water partition coefficient (Wildman–Crippen LogP) is 1.70. The van der Waals surface area contributed by atoms with Gasteiger partial charge in [-0.05, 0) is 11.5 Å². The largest absolute Gasteiger partial charge is 0.379 e. The standard InChI is InChI=1S/C18H23N3O2/c22-18(14-19-8-9-21-10-12-23-13-11-21)20-17-7-3-5-15-4-1-2-6-16(15)17/h1-7,19H,8-14H2,(H,20,22). The van der Waals surface area contributed by atoms with Crippen LogP contribution < -0.4 is 10.6 Å². The molecule has 0 unspecified atom stereocenters. The number of amides is 1. The SMILES string of the molecule is O=C(CNCCN1CCOCC1)Nc1cccc2ccccc12. The van der Waals surface area contributed by atoms with Gasteiger partial charge in [-0.3, -0.25) is 9.69 Å². The van der Waals surface area contributed by atoms with Crippen molar-refractivity contribution in [1.82, 2.24) is 10.2 Å². The van der Waals surface area contributed by atoms with Gasteiger partial charge in [-0.1, -0.05) is 36.4 Å². The Morgan fingerprint density at radius 3 is 2.74 bits per heavy atom. The van der Waals surface area contributed by atoms with Crippen molar-refractivity contribution in [2.24, 2.45) is 0 Å². The maximum atomic E-state index is 12.1. The quantitative estimate of drug-likeness (QED) is 0.797. The van der Waals surface area contributed by atoms with Gasteiger partial charge < -0.3 is 15.4 Å². The highest BCUT2D eigenvalue weighted by molar-refractivity contribution is 6.02. The van der Waals surface area contributed by atoms with Crippen LogP contribution in [0.2, 0.25) is 0 Å². The highest BCUT2D eigenvalue weighted by Crippen LogP contribution is 2.22. The molecular weight excluding hydrogens is 290 g/mol. The molecule has 1 amide bonds. The molecule has 23 heavy (non-hydrogen) atoms. The number of benzene rings is 2. The third kappa shape index (κ3) is 4.51. The zero-order valence-corrected chi connectivity index (χ0v) is 13.3. The summed E-state index contributed by atoms with van der Waals surface area (Å²) in [6.45, 7) is 5.65. The first-order chi connectivity index (χ1) is 11.3. The molecule has 122 valence electrons. The zero-order valence-electron chi connectivity index (χ0n) is 13.3. The van der Waals surface area contributed by atoms with Gasteiger partial charge >= 0.3 is 0 Å². The fourth-order valence-electron chi connectivity index (χ4n) is 2.79. The van der Waals surface area contributed by atoms with Gasteiger partial charge in [-0.25, -0.2) is 0 Å². The number of nitrogens with zero attached hydrogens (tertiary/aromatic N) is 1. The van der Waals surface area contributed by atoms with Gasteiger partial charge in [-0.15, -0.1) is 0 Å². The Labute approximate surface area is 136 Å². The molecule has 0 aromatic heterocycles. The van der Waals surface area contributed by atoms with E-state index in [0.717, 1.165) is 55.9 Å². The van der Waals surface area contributed by atoms with E-state index in [0.29, 0.717) is 6.54 Å². The average molecular weight is 313 g/mol. The van der Waals surface area contributed by atoms with Gasteiger partial charge in [0.25, 0.3) is 0 Å². The van der Waals surface area contributed by atoms with Crippen LogP contribution in [0, 0.1) is 0 Å². The lowest BCUT2D eigenvalue weighted by Gasteiger charge is -2.26. The summed E-state index contributed by atoms with van der Waals surface area (Å²) < 4.78 is 5.32. The lowest BCUT2D eigenvalue weighted by Crippen LogP contribution is -2.41. The van der Waals surface area contributed by atoms with E-state index in [2.05, 4.69) is 15.5 Å². The summed E-state index contributed by atoms with van der Waals surface area (Å²) in [6.07, 6.45) is 0. The molecule has 2 aromatic rings. The van der Waals surface area contributed by atoms with Crippen LogP contribution in [0.1, 0.15) is 0 Å². The number of hydrogen-bond donors (Lipinski definition) is 2. The molecule has 0 atom stereocenters. The summed E-state index contributed by atoms with van der Waals surface area (Å²) in [5.41, 5.74) is 0.864. The van der Waals surface area contributed by atoms with Crippen LogP contribution in [0.15, 0.2) is 42.5 Å². The Balaban J connectivity index is 1.45. The van der Waals surface area contributed by atoms with Crippen molar-refractivity contribution in [2.45, 2.75) is 0 Å². The molecule has 0 spiro atoms. The molecule has 3 rings (SSSR count). The van der Waals surface area contributed by atoms with E-state index >= 15 is 0 Å². The number of rotatable bonds is 6. The molecule has 0 radical (unpaired) electrons. The first-order valence-corrected chi connectivity index (χ1v) is 8.11. The Bertz CT molecular complexity index is 648. The van der Waals surface area contributed by atoms with Crippen LogP contribution in [0.5, 0.6) is 0 Å². The number of anilines is 1. The van der Waals surface area contributed by atoms with E-state index in [1.165, 1.54) is 0 Å². The van der Waals surface area contributed by atoms with Gasteiger partial charge in [0, 0.05) is 37.3 Å². The van der Waals surface area contributed by atoms with E-state index < -0.39 is 0 Å². The van der Waals surface area contributed by atoms with Crippen LogP contribution in [0.4, 0.5) is 5.69 Å². The van der Waals surface area contributed by atoms with Crippen molar-refractivity contribution in [3.8, 4) is 0 Å². The van der Waals surface area contributed by atoms with Gasteiger partial charge in [0.05, 0.1) is 19.8 Å². The highest BCUT2D eigenvalue weighted by Gasteiger charge is 2.10. The van der Waals surface area contributed by atoms with Crippen molar-refractivity contribution in [1.29, 1.82) is 0 Å². The van der Waals surface area contributed by atoms with E-state index in [-0.39, 0.29) is 5.91 Å². The predicted molar refractivity (Wildman–Crippen MR) is 92.7 cm³/mol. The second-order valence-corrected chi connectivity index (χ2v) is 5.71. The van der Waals surface area contributed by atoms with Crippen molar-refractivity contribution in [3.05, 3.63) is 42.5 Å². The van der Waals surface area contributed by atoms with Crippen molar-refractivity contribution in [2.75, 3.05) is 51.3 Å². The number of carbonyl (C=O) groups excluding carboxylic acids is 1. The van der Waals surface area contributed by atoms with Crippen LogP contribution in [0.3, 0.4) is 0 Å². The molecule has 5 nitrogen and oxygen atoms in total. The second-order valence-electron chi connectivity index (χ2n) is 5.71. The third-order valence-electron chi connectivity index (χ3n) is 4.06. The van der Waals surface area contributed by atoms with E-state index in [4.69, 9.17) is 4.74 Å². The monoisotopic (exact) mass is 313 g/mol. The number of fused-ring (bicyclic) bond motifs is 1. The molecule has 5 heteroatoms. The Hall–Kier alpha value is -1.95. The molecule has 0 bridgehead atoms. The minimum absolute atomic E-state index is 0.0108. The average Bonchev–Trinajstić information content (AvgIpc) is 2.60. The molecular formula is C18H23N3O2. The molecule has 2 aromatic carbocycles. The fourth-order valence-corrected chi connectivity index (χ4v) is 2.79. The molecule has 2 N–H and O–H groups in total. The summed E-state index contributed by atoms with van der Waals surface area (Å²) in [5, 5.41) is 8.39. The zero-order chi connectivity index (χ0) is 15.9. The van der Waals surface area contributed by atoms with E-state index in [9.17, 15) is 4.79 Å². The van der Waals surface area contributed by atoms with E-state index in [1.807, 2.05) is 42.5 Å². The molecule has 1 heterocycles. The molecule has 1 aliphatic rings. The van der Waals surface area contributed by atoms with Crippen LogP contribution >= 0.6 is 0 Å². The van der Waals surface area contributed by atoms with Gasteiger partial charge in [0.2, 0.25) is 5.91 Å². The summed E-state index contributed by atoms with van der Waals surface area (Å²) in [5.74, 6) is -0.0108. The Morgan fingerprint density at radius 2 is 1.87 bits per heavy atom. The summed E-state index contributed by atoms with van der Waals surface area (Å²) >= 11 is 0. The summed E-state index contributed by atoms with van der Waals surface area (Å²) in [7, 11) is 0. The van der Waals surface area contributed by atoms with Gasteiger partial charge in [-0.2, -0.15) is 0 Å². The number of hydrogen-bond acceptors (Lipinski definition) is 4. The van der Waals surface area contributed by atoms with Crippen LogP contribution in [-0.2, 0) is 9.53 Å². The molecule has 1 fully saturated rings. The minimum Gasteiger partial charge on any atom is -0.379 e. The molecule has 0 saturated carbocycles. The van der Waals surface area contributed by atoms with Crippen molar-refractivity contribution >= 4 is 22.4 Å². The Kier molecular flexibility index (Phi) is 5.58. The Morgan fingerprint density at radius 1 is 1.09 bits per heavy atom. The fraction of sp³-hybridized carbons (Fsp3) is 0.389. The molecule has 1 saturated heterocycles. The van der Waals surface area contributed by atoms with Gasteiger partial charge in [0.15, 0.2) is 0 Å². The topological polar surface area (TPSA) is 53.6 Å². The van der Waals surface area contributed by atoms with Crippen LogP contribution in [0.25, 0.3) is 10.8 Å². The van der Waals surface area contributed by atoms with Crippen molar-refractivity contribution < 1.29 is 9.53 Å². The summed E-state index contributed by atoms with van der Waals surface area (Å²) in [4.78, 5) is 14.4. The maximum Gasteiger partial charge on any atom is 0.238 e. The van der Waals surface area contributed by atoms with Crippen LogP contribution in [-0.4, -0.2) is 56.7 Å². The number of morpholine rings is 1. The minimum atomic E-state index is -0.0108. The third-order valence-corrected chi connectivity index (χ3v) is 4.06. The van der Waals surface area contributed by atoms with Crippen molar-refractivity contribution in [3.63, 3.8) is 0 Å². The maximum absolute atomic E-state index is 12.1. The summed E-state index contributed by atoms with van der Waals surface area (Å²) in [6, 6.07) is 14.0.